The van der Waals surface area contributed by atoms with Gasteiger partial charge in [-0.1, -0.05) is 18.2 Å². The van der Waals surface area contributed by atoms with E-state index < -0.39 is 0 Å². The van der Waals surface area contributed by atoms with Gasteiger partial charge in [0, 0.05) is 10.9 Å². The highest BCUT2D eigenvalue weighted by molar-refractivity contribution is 9.10. The summed E-state index contributed by atoms with van der Waals surface area (Å²) in [6.45, 7) is 0. The van der Waals surface area contributed by atoms with Crippen LogP contribution in [0.25, 0.3) is 22.3 Å². The summed E-state index contributed by atoms with van der Waals surface area (Å²) in [5.41, 5.74) is 8.42. The fourth-order valence-corrected chi connectivity index (χ4v) is 2.06. The van der Waals surface area contributed by atoms with Gasteiger partial charge in [0.2, 0.25) is 0 Å². The molecule has 1 aromatic carbocycles. The van der Waals surface area contributed by atoms with Gasteiger partial charge in [-0.15, -0.1) is 0 Å². The lowest BCUT2D eigenvalue weighted by atomic mass is 10.2. The van der Waals surface area contributed by atoms with Crippen molar-refractivity contribution >= 4 is 32.7 Å². The van der Waals surface area contributed by atoms with E-state index in [0.29, 0.717) is 16.1 Å². The Bertz CT molecular complexity index is 657. The van der Waals surface area contributed by atoms with Crippen molar-refractivity contribution in [3.8, 4) is 11.4 Å². The second-order valence-electron chi connectivity index (χ2n) is 3.70. The molecule has 0 aliphatic heterocycles. The van der Waals surface area contributed by atoms with Crippen molar-refractivity contribution in [1.82, 2.24) is 15.0 Å². The summed E-state index contributed by atoms with van der Waals surface area (Å²) in [4.78, 5) is 11.7. The molecule has 17 heavy (non-hydrogen) atoms. The molecule has 0 saturated carbocycles. The van der Waals surface area contributed by atoms with Gasteiger partial charge in [0.15, 0.2) is 5.82 Å². The standard InChI is InChI=1S/C12H9BrN4/c13-10-6-15-12(14)11(17-10)9-5-7-3-1-2-4-8(7)16-9/h1-6,16H,(H2,14,15). The van der Waals surface area contributed by atoms with Crippen LogP contribution in [0.5, 0.6) is 0 Å². The molecule has 4 nitrogen and oxygen atoms in total. The lowest BCUT2D eigenvalue weighted by Gasteiger charge is -2.01. The third-order valence-corrected chi connectivity index (χ3v) is 2.94. The Balaban J connectivity index is 2.23. The highest BCUT2D eigenvalue weighted by Crippen LogP contribution is 2.26. The lowest BCUT2D eigenvalue weighted by Crippen LogP contribution is -1.97. The Morgan fingerprint density at radius 1 is 1.24 bits per heavy atom. The van der Waals surface area contributed by atoms with Gasteiger partial charge in [-0.2, -0.15) is 0 Å². The third-order valence-electron chi connectivity index (χ3n) is 2.56. The maximum Gasteiger partial charge on any atom is 0.151 e. The van der Waals surface area contributed by atoms with Crippen molar-refractivity contribution < 1.29 is 0 Å². The van der Waals surface area contributed by atoms with Crippen LogP contribution in [0.4, 0.5) is 5.82 Å². The number of nitrogens with two attached hydrogens (primary N) is 1. The van der Waals surface area contributed by atoms with Crippen LogP contribution >= 0.6 is 15.9 Å². The Labute approximate surface area is 106 Å². The van der Waals surface area contributed by atoms with Crippen LogP contribution in [0.15, 0.2) is 41.1 Å². The van der Waals surface area contributed by atoms with Crippen molar-refractivity contribution in [3.63, 3.8) is 0 Å². The molecule has 2 aromatic heterocycles. The molecule has 3 rings (SSSR count). The largest absolute Gasteiger partial charge is 0.382 e. The highest BCUT2D eigenvalue weighted by atomic mass is 79.9. The number of rotatable bonds is 1. The Morgan fingerprint density at radius 3 is 2.88 bits per heavy atom. The predicted molar refractivity (Wildman–Crippen MR) is 71.4 cm³/mol. The van der Waals surface area contributed by atoms with Gasteiger partial charge >= 0.3 is 0 Å². The number of fused-ring (bicyclic) bond motifs is 1. The van der Waals surface area contributed by atoms with Crippen molar-refractivity contribution in [2.75, 3.05) is 5.73 Å². The molecular weight excluding hydrogens is 280 g/mol. The molecule has 0 atom stereocenters. The van der Waals surface area contributed by atoms with E-state index in [9.17, 15) is 0 Å². The third kappa shape index (κ3) is 1.78. The minimum absolute atomic E-state index is 0.416. The number of hydrogen-bond donors (Lipinski definition) is 2. The minimum atomic E-state index is 0.416. The van der Waals surface area contributed by atoms with Gasteiger partial charge in [-0.05, 0) is 28.1 Å². The molecule has 2 heterocycles. The molecule has 5 heteroatoms. The Kier molecular flexibility index (Phi) is 2.33. The number of para-hydroxylation sites is 1. The molecule has 0 unspecified atom stereocenters. The molecule has 84 valence electrons. The Hall–Kier alpha value is -1.88. The minimum Gasteiger partial charge on any atom is -0.382 e. The van der Waals surface area contributed by atoms with E-state index in [4.69, 9.17) is 5.73 Å². The molecule has 0 radical (unpaired) electrons. The molecule has 3 N–H and O–H groups in total. The molecule has 3 aromatic rings. The molecule has 0 aliphatic rings. The summed E-state index contributed by atoms with van der Waals surface area (Å²) in [6.07, 6.45) is 1.58. The molecule has 0 aliphatic carbocycles. The van der Waals surface area contributed by atoms with E-state index in [0.717, 1.165) is 16.6 Å². The van der Waals surface area contributed by atoms with Gasteiger partial charge in [0.1, 0.15) is 10.3 Å². The number of nitrogen functional groups attached to an aromatic ring is 1. The first-order valence-corrected chi connectivity index (χ1v) is 5.89. The summed E-state index contributed by atoms with van der Waals surface area (Å²) in [5.74, 6) is 0.416. The van der Waals surface area contributed by atoms with Crippen LogP contribution in [0.1, 0.15) is 0 Å². The van der Waals surface area contributed by atoms with E-state index in [2.05, 4.69) is 30.9 Å². The van der Waals surface area contributed by atoms with Crippen molar-refractivity contribution in [3.05, 3.63) is 41.1 Å². The van der Waals surface area contributed by atoms with Crippen molar-refractivity contribution in [2.24, 2.45) is 0 Å². The molecule has 0 fully saturated rings. The number of aromatic nitrogens is 3. The first-order valence-electron chi connectivity index (χ1n) is 5.10. The van der Waals surface area contributed by atoms with Gasteiger partial charge < -0.3 is 10.7 Å². The smallest absolute Gasteiger partial charge is 0.151 e. The predicted octanol–water partition coefficient (Wildman–Crippen LogP) is 2.97. The van der Waals surface area contributed by atoms with Gasteiger partial charge in [-0.25, -0.2) is 9.97 Å². The number of nitrogens with zero attached hydrogens (tertiary/aromatic N) is 2. The zero-order valence-electron chi connectivity index (χ0n) is 8.81. The number of halogens is 1. The summed E-state index contributed by atoms with van der Waals surface area (Å²) in [7, 11) is 0. The second kappa shape index (κ2) is 3.85. The van der Waals surface area contributed by atoms with Crippen LogP contribution in [0.3, 0.4) is 0 Å². The number of anilines is 1. The fourth-order valence-electron chi connectivity index (χ4n) is 1.78. The van der Waals surface area contributed by atoms with Crippen molar-refractivity contribution in [2.45, 2.75) is 0 Å². The molecular formula is C12H9BrN4. The monoisotopic (exact) mass is 288 g/mol. The molecule has 0 spiro atoms. The maximum atomic E-state index is 5.83. The maximum absolute atomic E-state index is 5.83. The number of benzene rings is 1. The lowest BCUT2D eigenvalue weighted by molar-refractivity contribution is 1.17. The van der Waals surface area contributed by atoms with Gasteiger partial charge in [-0.3, -0.25) is 0 Å². The number of nitrogens with one attached hydrogen (secondary N) is 1. The number of H-pyrrole nitrogens is 1. The van der Waals surface area contributed by atoms with E-state index in [1.54, 1.807) is 6.20 Å². The topological polar surface area (TPSA) is 67.6 Å². The van der Waals surface area contributed by atoms with E-state index in [1.807, 2.05) is 30.3 Å². The van der Waals surface area contributed by atoms with Crippen LogP contribution in [-0.4, -0.2) is 15.0 Å². The summed E-state index contributed by atoms with van der Waals surface area (Å²) in [6, 6.07) is 10.0. The average Bonchev–Trinajstić information content (AvgIpc) is 2.75. The van der Waals surface area contributed by atoms with Gasteiger partial charge in [0.25, 0.3) is 0 Å². The SMILES string of the molecule is Nc1ncc(Br)nc1-c1cc2ccccc2[nH]1. The van der Waals surface area contributed by atoms with Crippen LogP contribution in [0, 0.1) is 0 Å². The van der Waals surface area contributed by atoms with Crippen LogP contribution < -0.4 is 5.73 Å². The van der Waals surface area contributed by atoms with E-state index in [-0.39, 0.29) is 0 Å². The van der Waals surface area contributed by atoms with Crippen LogP contribution in [0.2, 0.25) is 0 Å². The highest BCUT2D eigenvalue weighted by Gasteiger charge is 2.09. The first kappa shape index (κ1) is 10.3. The molecule has 0 amide bonds. The average molecular weight is 289 g/mol. The van der Waals surface area contributed by atoms with E-state index >= 15 is 0 Å². The zero-order valence-corrected chi connectivity index (χ0v) is 10.4. The van der Waals surface area contributed by atoms with Crippen molar-refractivity contribution in [1.29, 1.82) is 0 Å². The Morgan fingerprint density at radius 2 is 2.06 bits per heavy atom. The van der Waals surface area contributed by atoms with E-state index in [1.165, 1.54) is 0 Å². The number of hydrogen-bond acceptors (Lipinski definition) is 3. The summed E-state index contributed by atoms with van der Waals surface area (Å²) < 4.78 is 0.667. The summed E-state index contributed by atoms with van der Waals surface area (Å²) >= 11 is 3.29. The fraction of sp³-hybridized carbons (Fsp3) is 0. The normalized spacial score (nSPS) is 10.9. The quantitative estimate of drug-likeness (QED) is 0.723. The first-order chi connectivity index (χ1) is 8.24. The molecule has 0 saturated heterocycles. The number of aromatic amines is 1. The zero-order chi connectivity index (χ0) is 11.8. The van der Waals surface area contributed by atoms with Crippen LogP contribution in [-0.2, 0) is 0 Å². The molecule has 0 bridgehead atoms. The second-order valence-corrected chi connectivity index (χ2v) is 4.51. The van der Waals surface area contributed by atoms with Gasteiger partial charge in [0.05, 0.1) is 11.9 Å². The summed E-state index contributed by atoms with van der Waals surface area (Å²) in [5, 5.41) is 1.13.